The molecule has 6 heteroatoms. The summed E-state index contributed by atoms with van der Waals surface area (Å²) in [5.41, 5.74) is 4.81. The van der Waals surface area contributed by atoms with Crippen molar-refractivity contribution < 1.29 is 14.4 Å². The SMILES string of the molecule is Cc1cccc(CNC(=O)c2ccccc2NC(=O)[C@H]2CC(=O)N(c3cccc(C)c3)C2)c1. The van der Waals surface area contributed by atoms with E-state index in [1.807, 2.05) is 62.4 Å². The summed E-state index contributed by atoms with van der Waals surface area (Å²) in [6, 6.07) is 22.5. The number of carbonyl (C=O) groups excluding carboxylic acids is 3. The lowest BCUT2D eigenvalue weighted by Gasteiger charge is -2.17. The fraction of sp³-hybridized carbons (Fsp3) is 0.222. The number of benzene rings is 3. The molecule has 0 radical (unpaired) electrons. The molecule has 168 valence electrons. The Morgan fingerprint density at radius 3 is 2.42 bits per heavy atom. The zero-order chi connectivity index (χ0) is 23.4. The molecular formula is C27H27N3O3. The Kier molecular flexibility index (Phi) is 6.54. The second kappa shape index (κ2) is 9.69. The lowest BCUT2D eigenvalue weighted by Crippen LogP contribution is -2.29. The average molecular weight is 442 g/mol. The van der Waals surface area contributed by atoms with Gasteiger partial charge in [0.1, 0.15) is 0 Å². The van der Waals surface area contributed by atoms with Crippen LogP contribution in [-0.2, 0) is 16.1 Å². The van der Waals surface area contributed by atoms with Crippen LogP contribution in [0.15, 0.2) is 72.8 Å². The van der Waals surface area contributed by atoms with E-state index in [2.05, 4.69) is 10.6 Å². The molecule has 3 amide bonds. The van der Waals surface area contributed by atoms with Crippen molar-refractivity contribution in [1.82, 2.24) is 5.32 Å². The average Bonchev–Trinajstić information content (AvgIpc) is 3.20. The van der Waals surface area contributed by atoms with E-state index < -0.39 is 5.92 Å². The number of hydrogen-bond acceptors (Lipinski definition) is 3. The summed E-state index contributed by atoms with van der Waals surface area (Å²) in [5, 5.41) is 5.78. The van der Waals surface area contributed by atoms with Crippen LogP contribution in [0.1, 0.15) is 33.5 Å². The molecule has 0 aliphatic carbocycles. The molecule has 1 saturated heterocycles. The predicted octanol–water partition coefficient (Wildman–Crippen LogP) is 4.23. The van der Waals surface area contributed by atoms with Crippen LogP contribution in [0, 0.1) is 19.8 Å². The first kappa shape index (κ1) is 22.3. The first-order chi connectivity index (χ1) is 15.9. The molecule has 0 unspecified atom stereocenters. The Bertz CT molecular complexity index is 1200. The summed E-state index contributed by atoms with van der Waals surface area (Å²) in [5.74, 6) is -1.10. The Morgan fingerprint density at radius 2 is 1.67 bits per heavy atom. The van der Waals surface area contributed by atoms with Crippen LogP contribution in [0.2, 0.25) is 0 Å². The van der Waals surface area contributed by atoms with E-state index in [1.165, 1.54) is 0 Å². The fourth-order valence-electron chi connectivity index (χ4n) is 4.05. The van der Waals surface area contributed by atoms with Crippen molar-refractivity contribution in [2.24, 2.45) is 5.92 Å². The molecule has 0 spiro atoms. The van der Waals surface area contributed by atoms with E-state index in [1.54, 1.807) is 29.2 Å². The Hall–Kier alpha value is -3.93. The highest BCUT2D eigenvalue weighted by Crippen LogP contribution is 2.27. The molecular weight excluding hydrogens is 414 g/mol. The van der Waals surface area contributed by atoms with Crippen LogP contribution in [0.5, 0.6) is 0 Å². The Morgan fingerprint density at radius 1 is 0.939 bits per heavy atom. The first-order valence-corrected chi connectivity index (χ1v) is 11.0. The van der Waals surface area contributed by atoms with Gasteiger partial charge in [-0.1, -0.05) is 54.1 Å². The van der Waals surface area contributed by atoms with Gasteiger partial charge in [-0.15, -0.1) is 0 Å². The molecule has 4 rings (SSSR count). The van der Waals surface area contributed by atoms with Gasteiger partial charge in [0.25, 0.3) is 5.91 Å². The van der Waals surface area contributed by atoms with Gasteiger partial charge >= 0.3 is 0 Å². The molecule has 6 nitrogen and oxygen atoms in total. The maximum absolute atomic E-state index is 13.0. The van der Waals surface area contributed by atoms with E-state index in [0.717, 1.165) is 22.4 Å². The second-order valence-corrected chi connectivity index (χ2v) is 8.45. The van der Waals surface area contributed by atoms with Crippen LogP contribution >= 0.6 is 0 Å². The lowest BCUT2D eigenvalue weighted by atomic mass is 10.1. The van der Waals surface area contributed by atoms with Crippen LogP contribution in [-0.4, -0.2) is 24.3 Å². The summed E-state index contributed by atoms with van der Waals surface area (Å²) in [4.78, 5) is 40.0. The van der Waals surface area contributed by atoms with Crippen molar-refractivity contribution in [3.05, 3.63) is 95.1 Å². The number of rotatable bonds is 6. The van der Waals surface area contributed by atoms with Gasteiger partial charge in [-0.05, 0) is 49.2 Å². The topological polar surface area (TPSA) is 78.5 Å². The van der Waals surface area contributed by atoms with Crippen molar-refractivity contribution in [3.63, 3.8) is 0 Å². The van der Waals surface area contributed by atoms with Crippen LogP contribution in [0.25, 0.3) is 0 Å². The summed E-state index contributed by atoms with van der Waals surface area (Å²) in [7, 11) is 0. The minimum Gasteiger partial charge on any atom is -0.348 e. The Labute approximate surface area is 193 Å². The van der Waals surface area contributed by atoms with Crippen LogP contribution in [0.3, 0.4) is 0 Å². The molecule has 2 N–H and O–H groups in total. The highest BCUT2D eigenvalue weighted by Gasteiger charge is 2.35. The second-order valence-electron chi connectivity index (χ2n) is 8.45. The molecule has 1 aliphatic rings. The number of carbonyl (C=O) groups is 3. The molecule has 0 aromatic heterocycles. The molecule has 1 fully saturated rings. The van der Waals surface area contributed by atoms with E-state index in [0.29, 0.717) is 24.3 Å². The number of nitrogens with zero attached hydrogens (tertiary/aromatic N) is 1. The zero-order valence-electron chi connectivity index (χ0n) is 18.8. The summed E-state index contributed by atoms with van der Waals surface area (Å²) in [6.45, 7) is 4.68. The third kappa shape index (κ3) is 5.29. The third-order valence-corrected chi connectivity index (χ3v) is 5.77. The highest BCUT2D eigenvalue weighted by atomic mass is 16.2. The molecule has 1 heterocycles. The molecule has 1 aliphatic heterocycles. The van der Waals surface area contributed by atoms with E-state index in [9.17, 15) is 14.4 Å². The first-order valence-electron chi connectivity index (χ1n) is 11.0. The van der Waals surface area contributed by atoms with Gasteiger partial charge in [-0.25, -0.2) is 0 Å². The number of amides is 3. The van der Waals surface area contributed by atoms with Gasteiger partial charge in [0.2, 0.25) is 11.8 Å². The van der Waals surface area contributed by atoms with E-state index in [-0.39, 0.29) is 24.1 Å². The summed E-state index contributed by atoms with van der Waals surface area (Å²) >= 11 is 0. The molecule has 0 bridgehead atoms. The molecule has 3 aromatic carbocycles. The maximum Gasteiger partial charge on any atom is 0.253 e. The van der Waals surface area contributed by atoms with Crippen molar-refractivity contribution in [2.45, 2.75) is 26.8 Å². The van der Waals surface area contributed by atoms with Gasteiger partial charge in [0, 0.05) is 25.2 Å². The number of aryl methyl sites for hydroxylation is 2. The van der Waals surface area contributed by atoms with Gasteiger partial charge in [-0.3, -0.25) is 14.4 Å². The van der Waals surface area contributed by atoms with Crippen molar-refractivity contribution in [3.8, 4) is 0 Å². The number of anilines is 2. The van der Waals surface area contributed by atoms with Crippen molar-refractivity contribution in [2.75, 3.05) is 16.8 Å². The van der Waals surface area contributed by atoms with Gasteiger partial charge in [0.15, 0.2) is 0 Å². The van der Waals surface area contributed by atoms with Gasteiger partial charge in [0.05, 0.1) is 17.2 Å². The molecule has 3 aromatic rings. The number of para-hydroxylation sites is 1. The summed E-state index contributed by atoms with van der Waals surface area (Å²) < 4.78 is 0. The largest absolute Gasteiger partial charge is 0.348 e. The standard InChI is InChI=1S/C27H27N3O3/c1-18-7-5-9-20(13-18)16-28-27(33)23-11-3-4-12-24(23)29-26(32)21-15-25(31)30(17-21)22-10-6-8-19(2)14-22/h3-14,21H,15-17H2,1-2H3,(H,28,33)(H,29,32)/t21-/m0/s1. The van der Waals surface area contributed by atoms with E-state index >= 15 is 0 Å². The predicted molar refractivity (Wildman–Crippen MR) is 129 cm³/mol. The molecule has 0 saturated carbocycles. The van der Waals surface area contributed by atoms with E-state index in [4.69, 9.17) is 0 Å². The lowest BCUT2D eigenvalue weighted by molar-refractivity contribution is -0.122. The fourth-order valence-corrected chi connectivity index (χ4v) is 4.05. The minimum absolute atomic E-state index is 0.0788. The monoisotopic (exact) mass is 441 g/mol. The Balaban J connectivity index is 1.42. The normalized spacial score (nSPS) is 15.4. The van der Waals surface area contributed by atoms with Crippen LogP contribution in [0.4, 0.5) is 11.4 Å². The third-order valence-electron chi connectivity index (χ3n) is 5.77. The molecule has 33 heavy (non-hydrogen) atoms. The minimum atomic E-state index is -0.485. The smallest absolute Gasteiger partial charge is 0.253 e. The number of nitrogens with one attached hydrogen (secondary N) is 2. The van der Waals surface area contributed by atoms with Crippen molar-refractivity contribution in [1.29, 1.82) is 0 Å². The molecule has 1 atom stereocenters. The van der Waals surface area contributed by atoms with Crippen molar-refractivity contribution >= 4 is 29.1 Å². The zero-order valence-corrected chi connectivity index (χ0v) is 18.8. The quantitative estimate of drug-likeness (QED) is 0.601. The highest BCUT2D eigenvalue weighted by molar-refractivity contribution is 6.07. The van der Waals surface area contributed by atoms with Gasteiger partial charge in [-0.2, -0.15) is 0 Å². The van der Waals surface area contributed by atoms with Gasteiger partial charge < -0.3 is 15.5 Å². The number of hydrogen-bond donors (Lipinski definition) is 2. The summed E-state index contributed by atoms with van der Waals surface area (Å²) in [6.07, 6.45) is 0.140. The van der Waals surface area contributed by atoms with Crippen LogP contribution < -0.4 is 15.5 Å². The maximum atomic E-state index is 13.0.